The summed E-state index contributed by atoms with van der Waals surface area (Å²) in [5.41, 5.74) is 5.09. The second-order valence-electron chi connectivity index (χ2n) is 6.87. The summed E-state index contributed by atoms with van der Waals surface area (Å²) in [6, 6.07) is 0. The van der Waals surface area contributed by atoms with Gasteiger partial charge in [0.2, 0.25) is 5.95 Å². The number of nitrogens with two attached hydrogens (primary N) is 1. The zero-order valence-corrected chi connectivity index (χ0v) is 19.1. The van der Waals surface area contributed by atoms with Crippen molar-refractivity contribution in [3.8, 4) is 0 Å². The van der Waals surface area contributed by atoms with E-state index in [-0.39, 0.29) is 24.1 Å². The van der Waals surface area contributed by atoms with Crippen molar-refractivity contribution in [2.45, 2.75) is 24.5 Å². The predicted molar refractivity (Wildman–Crippen MR) is 106 cm³/mol. The minimum Gasteiger partial charge on any atom is -0.387 e. The van der Waals surface area contributed by atoms with Gasteiger partial charge in [-0.2, -0.15) is 13.6 Å². The number of nitrogen functional groups attached to an aromatic ring is 1. The third-order valence-electron chi connectivity index (χ3n) is 4.38. The van der Waals surface area contributed by atoms with Gasteiger partial charge >= 0.3 is 23.5 Å². The molecule has 33 heavy (non-hydrogen) atoms. The Kier molecular flexibility index (Phi) is 7.12. The molecule has 1 fully saturated rings. The van der Waals surface area contributed by atoms with E-state index in [1.807, 2.05) is 0 Å². The molecule has 0 aromatic carbocycles. The average Bonchev–Trinajstić information content (AvgIpc) is 3.07. The Balaban J connectivity index is 1.70. The number of phosphoric ester groups is 1. The largest absolute Gasteiger partial charge is 0.490 e. The van der Waals surface area contributed by atoms with Crippen LogP contribution in [0, 0.1) is 0 Å². The highest BCUT2D eigenvalue weighted by Gasteiger charge is 2.50. The van der Waals surface area contributed by atoms with Gasteiger partial charge < -0.3 is 50.1 Å². The van der Waals surface area contributed by atoms with Crippen molar-refractivity contribution in [2.24, 2.45) is 0 Å². The molecule has 1 aromatic rings. The maximum atomic E-state index is 12.1. The van der Waals surface area contributed by atoms with Crippen LogP contribution in [0.5, 0.6) is 0 Å². The molecule has 9 N–H and O–H groups in total. The van der Waals surface area contributed by atoms with Crippen LogP contribution < -0.4 is 21.1 Å². The lowest BCUT2D eigenvalue weighted by molar-refractivity contribution is -0.0217. The molecule has 3 heterocycles. The molecule has 22 heteroatoms. The summed E-state index contributed by atoms with van der Waals surface area (Å²) in [4.78, 5) is 56.9. The molecule has 2 aliphatic heterocycles. The minimum absolute atomic E-state index is 0.0219. The number of anilines is 3. The fourth-order valence-corrected chi connectivity index (χ4v) is 6.21. The summed E-state index contributed by atoms with van der Waals surface area (Å²) in [5.74, 6) is -0.195. The number of aromatic amines is 1. The lowest BCUT2D eigenvalue weighted by atomic mass is 10.1. The number of H-pyrrole nitrogens is 1. The van der Waals surface area contributed by atoms with Crippen molar-refractivity contribution >= 4 is 40.9 Å². The van der Waals surface area contributed by atoms with Gasteiger partial charge in [0.15, 0.2) is 12.0 Å². The number of aliphatic hydroxyl groups excluding tert-OH is 2. The molecule has 1 aromatic heterocycles. The monoisotopic (exact) mass is 539 g/mol. The van der Waals surface area contributed by atoms with E-state index in [0.29, 0.717) is 0 Å². The van der Waals surface area contributed by atoms with Crippen LogP contribution in [-0.4, -0.2) is 84.6 Å². The molecule has 0 aliphatic carbocycles. The van der Waals surface area contributed by atoms with Gasteiger partial charge in [0.05, 0.1) is 13.3 Å². The molecule has 0 radical (unpaired) electrons. The number of aromatic nitrogens is 2. The van der Waals surface area contributed by atoms with E-state index in [1.54, 1.807) is 0 Å². The van der Waals surface area contributed by atoms with Crippen molar-refractivity contribution in [1.82, 2.24) is 9.97 Å². The number of ether oxygens (including phenoxy) is 1. The third-order valence-corrected chi connectivity index (χ3v) is 8.18. The van der Waals surface area contributed by atoms with Gasteiger partial charge in [-0.15, -0.1) is 0 Å². The van der Waals surface area contributed by atoms with Crippen LogP contribution in [-0.2, 0) is 31.6 Å². The van der Waals surface area contributed by atoms with E-state index >= 15 is 0 Å². The molecule has 188 valence electrons. The standard InChI is InChI=1S/C11H20N5O14P3/c1-15-3-16(8-5(15)9(19)14-11(12)13-8)10-7(18)6(17)4(28-10)2-27-32(23,24)30-33(25,26)29-31(20,21)22/h4,6-7,10,17-18H,2-3H2,1H3,(H,23,24)(H,25,26)(H2,20,21,22)(H3,12,13,14,19)/t4-,6-,7-,10-/m1/s1. The molecule has 19 nitrogen and oxygen atoms in total. The van der Waals surface area contributed by atoms with Crippen molar-refractivity contribution in [1.29, 1.82) is 0 Å². The summed E-state index contributed by atoms with van der Waals surface area (Å²) in [6.07, 6.45) is -6.17. The fourth-order valence-electron chi connectivity index (χ4n) is 3.18. The number of hydrogen-bond acceptors (Lipinski definition) is 14. The first-order valence-electron chi connectivity index (χ1n) is 8.67. The first-order valence-corrected chi connectivity index (χ1v) is 13.2. The zero-order chi connectivity index (χ0) is 24.9. The smallest absolute Gasteiger partial charge is 0.387 e. The number of phosphoric acid groups is 3. The lowest BCUT2D eigenvalue weighted by Crippen LogP contribution is -2.45. The SMILES string of the molecule is CN1CN([C@@H]2O[C@H](COP(=O)(O)OP(=O)(O)OP(=O)(O)O)[C@@H](O)[C@H]2O)c2nc(N)[nH]c(=O)c21. The van der Waals surface area contributed by atoms with Crippen LogP contribution in [0.15, 0.2) is 4.79 Å². The molecular weight excluding hydrogens is 519 g/mol. The summed E-state index contributed by atoms with van der Waals surface area (Å²) in [7, 11) is -15.2. The van der Waals surface area contributed by atoms with E-state index in [9.17, 15) is 33.6 Å². The molecule has 0 amide bonds. The Morgan fingerprint density at radius 2 is 1.79 bits per heavy atom. The highest BCUT2D eigenvalue weighted by molar-refractivity contribution is 7.66. The van der Waals surface area contributed by atoms with Gasteiger partial charge in [-0.05, 0) is 0 Å². The zero-order valence-electron chi connectivity index (χ0n) is 16.4. The molecule has 2 unspecified atom stereocenters. The van der Waals surface area contributed by atoms with Crippen molar-refractivity contribution < 1.29 is 61.4 Å². The van der Waals surface area contributed by atoms with Gasteiger partial charge in [0, 0.05) is 7.05 Å². The lowest BCUT2D eigenvalue weighted by Gasteiger charge is -2.27. The predicted octanol–water partition coefficient (Wildman–Crippen LogP) is -2.64. The van der Waals surface area contributed by atoms with Crippen molar-refractivity contribution in [2.75, 3.05) is 35.9 Å². The highest BCUT2D eigenvalue weighted by Crippen LogP contribution is 2.66. The van der Waals surface area contributed by atoms with Gasteiger partial charge in [0.1, 0.15) is 24.0 Å². The molecular formula is C11H20N5O14P3. The Morgan fingerprint density at radius 1 is 1.15 bits per heavy atom. The third kappa shape index (κ3) is 5.98. The van der Waals surface area contributed by atoms with Crippen molar-refractivity contribution in [3.05, 3.63) is 10.4 Å². The molecule has 2 aliphatic rings. The Labute approximate surface area is 183 Å². The maximum absolute atomic E-state index is 12.1. The van der Waals surface area contributed by atoms with E-state index < -0.39 is 60.2 Å². The topological polar surface area (TPSA) is 288 Å². The van der Waals surface area contributed by atoms with E-state index in [1.165, 1.54) is 16.8 Å². The Hall–Kier alpha value is -1.43. The van der Waals surface area contributed by atoms with Crippen LogP contribution in [0.4, 0.5) is 17.5 Å². The van der Waals surface area contributed by atoms with E-state index in [0.717, 1.165) is 0 Å². The van der Waals surface area contributed by atoms with E-state index in [4.69, 9.17) is 25.2 Å². The second-order valence-corrected chi connectivity index (χ2v) is 11.3. The number of hydrogen-bond donors (Lipinski definition) is 8. The molecule has 6 atom stereocenters. The van der Waals surface area contributed by atoms with Crippen LogP contribution in [0.1, 0.15) is 0 Å². The van der Waals surface area contributed by atoms with Crippen molar-refractivity contribution in [3.63, 3.8) is 0 Å². The Bertz CT molecular complexity index is 1110. The first kappa shape index (κ1) is 26.2. The number of nitrogens with one attached hydrogen (secondary N) is 1. The van der Waals surface area contributed by atoms with Crippen LogP contribution >= 0.6 is 23.5 Å². The normalized spacial score (nSPS) is 29.1. The molecule has 1 saturated heterocycles. The molecule has 0 spiro atoms. The molecule has 0 bridgehead atoms. The molecule has 3 rings (SSSR count). The Morgan fingerprint density at radius 3 is 2.39 bits per heavy atom. The summed E-state index contributed by atoms with van der Waals surface area (Å²) in [5, 5.41) is 20.6. The van der Waals surface area contributed by atoms with Gasteiger partial charge in [0.25, 0.3) is 5.56 Å². The highest BCUT2D eigenvalue weighted by atomic mass is 31.3. The summed E-state index contributed by atoms with van der Waals surface area (Å²) in [6.45, 7) is -1.01. The number of fused-ring (bicyclic) bond motifs is 1. The average molecular weight is 539 g/mol. The van der Waals surface area contributed by atoms with Crippen LogP contribution in [0.2, 0.25) is 0 Å². The van der Waals surface area contributed by atoms with E-state index in [2.05, 4.69) is 23.1 Å². The number of aliphatic hydroxyl groups is 2. The fraction of sp³-hybridized carbons (Fsp3) is 0.636. The number of rotatable bonds is 8. The summed E-state index contributed by atoms with van der Waals surface area (Å²) < 4.78 is 50.9. The van der Waals surface area contributed by atoms with Gasteiger partial charge in [-0.1, -0.05) is 0 Å². The first-order chi connectivity index (χ1) is 15.0. The summed E-state index contributed by atoms with van der Waals surface area (Å²) >= 11 is 0. The second kappa shape index (κ2) is 8.98. The molecule has 0 saturated carbocycles. The van der Waals surface area contributed by atoms with Crippen LogP contribution in [0.25, 0.3) is 0 Å². The van der Waals surface area contributed by atoms with Gasteiger partial charge in [-0.25, -0.2) is 13.7 Å². The van der Waals surface area contributed by atoms with Crippen LogP contribution in [0.3, 0.4) is 0 Å². The minimum atomic E-state index is -5.73. The maximum Gasteiger partial charge on any atom is 0.490 e. The van der Waals surface area contributed by atoms with Gasteiger partial charge in [-0.3, -0.25) is 14.3 Å². The number of nitrogens with zero attached hydrogens (tertiary/aromatic N) is 3. The quantitative estimate of drug-likeness (QED) is 0.157.